The quantitative estimate of drug-likeness (QED) is 0.616. The summed E-state index contributed by atoms with van der Waals surface area (Å²) in [7, 11) is 0. The number of para-hydroxylation sites is 1. The van der Waals surface area contributed by atoms with Gasteiger partial charge in [-0.1, -0.05) is 30.0 Å². The van der Waals surface area contributed by atoms with E-state index in [0.29, 0.717) is 22.5 Å². The van der Waals surface area contributed by atoms with Crippen LogP contribution in [0.4, 0.5) is 5.13 Å². The van der Waals surface area contributed by atoms with Crippen molar-refractivity contribution in [1.29, 1.82) is 0 Å². The molecule has 0 aliphatic carbocycles. The fourth-order valence-electron chi connectivity index (χ4n) is 2.20. The van der Waals surface area contributed by atoms with E-state index in [1.807, 2.05) is 34.9 Å². The Morgan fingerprint density at radius 2 is 2.16 bits per heavy atom. The van der Waals surface area contributed by atoms with Crippen LogP contribution in [0.1, 0.15) is 12.7 Å². The average molecular weight is 375 g/mol. The Labute approximate surface area is 153 Å². The molecular formula is C16H17N5O2S2. The second-order valence-electron chi connectivity index (χ2n) is 5.30. The van der Waals surface area contributed by atoms with E-state index < -0.39 is 6.10 Å². The van der Waals surface area contributed by atoms with Crippen molar-refractivity contribution in [2.75, 3.05) is 11.1 Å². The van der Waals surface area contributed by atoms with Crippen molar-refractivity contribution in [2.24, 2.45) is 0 Å². The lowest BCUT2D eigenvalue weighted by Gasteiger charge is -2.11. The summed E-state index contributed by atoms with van der Waals surface area (Å²) < 4.78 is 1.87. The molecule has 0 spiro atoms. The van der Waals surface area contributed by atoms with Crippen LogP contribution in [0.25, 0.3) is 5.69 Å². The summed E-state index contributed by atoms with van der Waals surface area (Å²) in [5, 5.41) is 23.8. The van der Waals surface area contributed by atoms with Gasteiger partial charge in [0.15, 0.2) is 10.3 Å². The monoisotopic (exact) mass is 375 g/mol. The van der Waals surface area contributed by atoms with E-state index in [-0.39, 0.29) is 11.7 Å². The van der Waals surface area contributed by atoms with Crippen molar-refractivity contribution in [1.82, 2.24) is 19.7 Å². The highest BCUT2D eigenvalue weighted by Gasteiger charge is 2.17. The van der Waals surface area contributed by atoms with Gasteiger partial charge in [0.05, 0.1) is 11.9 Å². The van der Waals surface area contributed by atoms with E-state index in [9.17, 15) is 9.90 Å². The van der Waals surface area contributed by atoms with Crippen molar-refractivity contribution in [2.45, 2.75) is 24.6 Å². The van der Waals surface area contributed by atoms with Crippen LogP contribution in [-0.2, 0) is 11.2 Å². The number of rotatable bonds is 7. The smallest absolute Gasteiger partial charge is 0.236 e. The highest BCUT2D eigenvalue weighted by molar-refractivity contribution is 7.99. The van der Waals surface area contributed by atoms with Gasteiger partial charge >= 0.3 is 0 Å². The minimum atomic E-state index is -0.530. The first-order valence-electron chi connectivity index (χ1n) is 7.63. The summed E-state index contributed by atoms with van der Waals surface area (Å²) in [5.74, 6) is 0.697. The van der Waals surface area contributed by atoms with Crippen LogP contribution in [-0.4, -0.2) is 42.6 Å². The van der Waals surface area contributed by atoms with Crippen LogP contribution in [0, 0.1) is 0 Å². The molecule has 1 amide bonds. The lowest BCUT2D eigenvalue weighted by Crippen LogP contribution is -2.15. The number of aromatic nitrogens is 4. The number of amides is 1. The second kappa shape index (κ2) is 8.24. The van der Waals surface area contributed by atoms with E-state index in [4.69, 9.17) is 0 Å². The Kier molecular flexibility index (Phi) is 5.79. The molecule has 0 saturated carbocycles. The fraction of sp³-hybridized carbons (Fsp3) is 0.250. The first-order chi connectivity index (χ1) is 12.1. The standard InChI is InChI=1S/C16H17N5O2S2/c1-11(22)9-13-19-20-16(21(13)12-5-3-2-4-6-12)25-10-14(23)18-15-17-7-8-24-15/h2-8,11,22H,9-10H2,1H3,(H,17,18,23). The molecule has 0 radical (unpaired) electrons. The summed E-state index contributed by atoms with van der Waals surface area (Å²) in [4.78, 5) is 16.1. The molecule has 3 aromatic rings. The van der Waals surface area contributed by atoms with Gasteiger partial charge in [-0.25, -0.2) is 4.98 Å². The van der Waals surface area contributed by atoms with Crippen LogP contribution in [0.2, 0.25) is 0 Å². The third-order valence-electron chi connectivity index (χ3n) is 3.20. The number of aliphatic hydroxyl groups excluding tert-OH is 1. The molecule has 1 aromatic carbocycles. The molecular weight excluding hydrogens is 358 g/mol. The Hall–Kier alpha value is -2.23. The zero-order valence-corrected chi connectivity index (χ0v) is 15.1. The predicted octanol–water partition coefficient (Wildman–Crippen LogP) is 2.38. The number of carbonyl (C=O) groups excluding carboxylic acids is 1. The first-order valence-corrected chi connectivity index (χ1v) is 9.50. The lowest BCUT2D eigenvalue weighted by atomic mass is 10.2. The Balaban J connectivity index is 1.76. The molecule has 0 saturated heterocycles. The molecule has 1 atom stereocenters. The maximum absolute atomic E-state index is 12.1. The minimum Gasteiger partial charge on any atom is -0.393 e. The van der Waals surface area contributed by atoms with Gasteiger partial charge < -0.3 is 10.4 Å². The summed E-state index contributed by atoms with van der Waals surface area (Å²) in [6.45, 7) is 1.71. The van der Waals surface area contributed by atoms with Crippen molar-refractivity contribution in [3.05, 3.63) is 47.7 Å². The van der Waals surface area contributed by atoms with Gasteiger partial charge in [0.2, 0.25) is 5.91 Å². The number of nitrogens with zero attached hydrogens (tertiary/aromatic N) is 4. The third-order valence-corrected chi connectivity index (χ3v) is 4.82. The molecule has 9 heteroatoms. The number of nitrogens with one attached hydrogen (secondary N) is 1. The number of benzene rings is 1. The molecule has 0 aliphatic heterocycles. The van der Waals surface area contributed by atoms with Gasteiger partial charge in [-0.2, -0.15) is 0 Å². The van der Waals surface area contributed by atoms with Crippen molar-refractivity contribution >= 4 is 34.1 Å². The van der Waals surface area contributed by atoms with Gasteiger partial charge in [-0.05, 0) is 19.1 Å². The Morgan fingerprint density at radius 3 is 2.84 bits per heavy atom. The molecule has 7 nitrogen and oxygen atoms in total. The number of carbonyl (C=O) groups is 1. The van der Waals surface area contributed by atoms with Crippen molar-refractivity contribution in [3.8, 4) is 5.69 Å². The zero-order valence-electron chi connectivity index (χ0n) is 13.5. The van der Waals surface area contributed by atoms with Gasteiger partial charge in [0.1, 0.15) is 5.82 Å². The fourth-order valence-corrected chi connectivity index (χ4v) is 3.51. The van der Waals surface area contributed by atoms with E-state index in [2.05, 4.69) is 20.5 Å². The molecule has 2 aromatic heterocycles. The maximum atomic E-state index is 12.1. The van der Waals surface area contributed by atoms with Crippen LogP contribution in [0.3, 0.4) is 0 Å². The van der Waals surface area contributed by atoms with Gasteiger partial charge in [-0.3, -0.25) is 9.36 Å². The number of thioether (sulfide) groups is 1. The van der Waals surface area contributed by atoms with Gasteiger partial charge in [-0.15, -0.1) is 21.5 Å². The van der Waals surface area contributed by atoms with Crippen molar-refractivity contribution < 1.29 is 9.90 Å². The average Bonchev–Trinajstić information content (AvgIpc) is 3.23. The molecule has 25 heavy (non-hydrogen) atoms. The normalized spacial score (nSPS) is 12.1. The molecule has 0 bridgehead atoms. The Bertz CT molecular complexity index is 818. The van der Waals surface area contributed by atoms with E-state index in [0.717, 1.165) is 5.69 Å². The van der Waals surface area contributed by atoms with Crippen LogP contribution in [0.5, 0.6) is 0 Å². The van der Waals surface area contributed by atoms with E-state index in [1.54, 1.807) is 18.5 Å². The summed E-state index contributed by atoms with van der Waals surface area (Å²) in [5.41, 5.74) is 0.894. The topological polar surface area (TPSA) is 92.9 Å². The second-order valence-corrected chi connectivity index (χ2v) is 7.13. The summed E-state index contributed by atoms with van der Waals surface area (Å²) in [6.07, 6.45) is 1.49. The first kappa shape index (κ1) is 17.6. The number of hydrogen-bond donors (Lipinski definition) is 2. The largest absolute Gasteiger partial charge is 0.393 e. The highest BCUT2D eigenvalue weighted by Crippen LogP contribution is 2.23. The number of thiazole rings is 1. The highest BCUT2D eigenvalue weighted by atomic mass is 32.2. The van der Waals surface area contributed by atoms with Crippen LogP contribution >= 0.6 is 23.1 Å². The summed E-state index contributed by atoms with van der Waals surface area (Å²) >= 11 is 2.66. The van der Waals surface area contributed by atoms with E-state index in [1.165, 1.54) is 23.1 Å². The molecule has 0 fully saturated rings. The third kappa shape index (κ3) is 4.65. The van der Waals surface area contributed by atoms with Gasteiger partial charge in [0.25, 0.3) is 0 Å². The Morgan fingerprint density at radius 1 is 1.36 bits per heavy atom. The zero-order chi connectivity index (χ0) is 17.6. The molecule has 2 heterocycles. The maximum Gasteiger partial charge on any atom is 0.236 e. The predicted molar refractivity (Wildman–Crippen MR) is 98.2 cm³/mol. The molecule has 130 valence electrons. The number of aliphatic hydroxyl groups is 1. The van der Waals surface area contributed by atoms with Crippen LogP contribution in [0.15, 0.2) is 47.1 Å². The van der Waals surface area contributed by atoms with Crippen LogP contribution < -0.4 is 5.32 Å². The van der Waals surface area contributed by atoms with E-state index >= 15 is 0 Å². The number of hydrogen-bond acceptors (Lipinski definition) is 7. The van der Waals surface area contributed by atoms with Gasteiger partial charge in [0, 0.05) is 23.7 Å². The lowest BCUT2D eigenvalue weighted by molar-refractivity contribution is -0.113. The molecule has 3 rings (SSSR count). The minimum absolute atomic E-state index is 0.153. The SMILES string of the molecule is CC(O)Cc1nnc(SCC(=O)Nc2nccs2)n1-c1ccccc1. The molecule has 1 unspecified atom stereocenters. The molecule has 2 N–H and O–H groups in total. The molecule has 0 aliphatic rings. The summed E-state index contributed by atoms with van der Waals surface area (Å²) in [6, 6.07) is 9.65. The van der Waals surface area contributed by atoms with Crippen molar-refractivity contribution in [3.63, 3.8) is 0 Å². The number of anilines is 1.